The molecule has 3 atom stereocenters. The van der Waals surface area contributed by atoms with Gasteiger partial charge in [0.1, 0.15) is 23.9 Å². The first-order chi connectivity index (χ1) is 17.2. The molecule has 35 heavy (non-hydrogen) atoms. The Bertz CT molecular complexity index is 1070. The molecule has 4 rings (SSSR count). The van der Waals surface area contributed by atoms with Crippen LogP contribution < -0.4 is 0 Å². The highest BCUT2D eigenvalue weighted by molar-refractivity contribution is 5.89. The van der Waals surface area contributed by atoms with E-state index in [4.69, 9.17) is 23.7 Å². The standard InChI is InChI=1S/C29H30O6/c1-31-29(30)25-20-33-26(21-32-17-22-11-5-2-6-12-22)28(35-19-24-15-9-4-10-16-24)27(25)34-18-23-13-7-3-8-14-23/h2-16,20,26-28H,17-19,21H2,1H3/t26-,27-,28+/m1/s1. The number of methoxy groups -OCH3 is 1. The fourth-order valence-electron chi connectivity index (χ4n) is 3.87. The van der Waals surface area contributed by atoms with E-state index in [0.717, 1.165) is 16.7 Å². The van der Waals surface area contributed by atoms with Crippen molar-refractivity contribution in [3.8, 4) is 0 Å². The molecule has 1 aliphatic heterocycles. The summed E-state index contributed by atoms with van der Waals surface area (Å²) >= 11 is 0. The van der Waals surface area contributed by atoms with Crippen molar-refractivity contribution in [2.45, 2.75) is 38.1 Å². The lowest BCUT2D eigenvalue weighted by atomic mass is 9.98. The average molecular weight is 475 g/mol. The maximum absolute atomic E-state index is 12.6. The van der Waals surface area contributed by atoms with Gasteiger partial charge in [-0.1, -0.05) is 91.0 Å². The fourth-order valence-corrected chi connectivity index (χ4v) is 3.87. The predicted molar refractivity (Wildman–Crippen MR) is 131 cm³/mol. The second kappa shape index (κ2) is 12.9. The van der Waals surface area contributed by atoms with Gasteiger partial charge in [-0.2, -0.15) is 0 Å². The molecule has 3 aromatic rings. The molecule has 0 saturated heterocycles. The van der Waals surface area contributed by atoms with Gasteiger partial charge in [0.25, 0.3) is 0 Å². The molecule has 3 aromatic carbocycles. The molecule has 6 nitrogen and oxygen atoms in total. The molecular weight excluding hydrogens is 444 g/mol. The van der Waals surface area contributed by atoms with Crippen LogP contribution in [0.4, 0.5) is 0 Å². The fraction of sp³-hybridized carbons (Fsp3) is 0.276. The molecule has 0 aliphatic carbocycles. The monoisotopic (exact) mass is 474 g/mol. The number of carbonyl (C=O) groups is 1. The SMILES string of the molecule is COC(=O)C1=CO[C@H](COCc2ccccc2)[C@H](OCc2ccccc2)[C@@H]1OCc1ccccc1. The quantitative estimate of drug-likeness (QED) is 0.371. The highest BCUT2D eigenvalue weighted by atomic mass is 16.6. The highest BCUT2D eigenvalue weighted by Gasteiger charge is 2.42. The van der Waals surface area contributed by atoms with Gasteiger partial charge in [-0.15, -0.1) is 0 Å². The Labute approximate surface area is 206 Å². The minimum absolute atomic E-state index is 0.268. The van der Waals surface area contributed by atoms with Gasteiger partial charge >= 0.3 is 5.97 Å². The molecule has 1 heterocycles. The number of rotatable bonds is 11. The third kappa shape index (κ3) is 7.02. The van der Waals surface area contributed by atoms with Crippen LogP contribution in [-0.4, -0.2) is 38.0 Å². The van der Waals surface area contributed by atoms with Crippen LogP contribution in [0.5, 0.6) is 0 Å². The summed E-state index contributed by atoms with van der Waals surface area (Å²) < 4.78 is 29.5. The van der Waals surface area contributed by atoms with Crippen LogP contribution in [0.25, 0.3) is 0 Å². The molecule has 0 bridgehead atoms. The summed E-state index contributed by atoms with van der Waals surface area (Å²) in [5.74, 6) is -0.514. The Kier molecular flexibility index (Phi) is 9.06. The normalized spacial score (nSPS) is 19.5. The van der Waals surface area contributed by atoms with Crippen LogP contribution >= 0.6 is 0 Å². The van der Waals surface area contributed by atoms with Crippen LogP contribution in [0.2, 0.25) is 0 Å². The van der Waals surface area contributed by atoms with Crippen molar-refractivity contribution in [3.05, 3.63) is 120 Å². The molecule has 0 saturated carbocycles. The van der Waals surface area contributed by atoms with Gasteiger partial charge in [0.2, 0.25) is 0 Å². The van der Waals surface area contributed by atoms with E-state index in [0.29, 0.717) is 19.8 Å². The van der Waals surface area contributed by atoms with Crippen LogP contribution in [-0.2, 0) is 48.3 Å². The first-order valence-corrected chi connectivity index (χ1v) is 11.6. The van der Waals surface area contributed by atoms with E-state index < -0.39 is 24.3 Å². The van der Waals surface area contributed by atoms with E-state index in [1.54, 1.807) is 0 Å². The van der Waals surface area contributed by atoms with Crippen molar-refractivity contribution in [2.24, 2.45) is 0 Å². The third-order valence-corrected chi connectivity index (χ3v) is 5.71. The molecule has 0 fully saturated rings. The van der Waals surface area contributed by atoms with Crippen LogP contribution in [0.3, 0.4) is 0 Å². The smallest absolute Gasteiger partial charge is 0.339 e. The Hall–Kier alpha value is -3.45. The van der Waals surface area contributed by atoms with Gasteiger partial charge in [0.15, 0.2) is 0 Å². The summed E-state index contributed by atoms with van der Waals surface area (Å²) in [6.07, 6.45) is -0.337. The number of ether oxygens (including phenoxy) is 5. The lowest BCUT2D eigenvalue weighted by Gasteiger charge is -2.37. The van der Waals surface area contributed by atoms with Crippen LogP contribution in [0.1, 0.15) is 16.7 Å². The number of hydrogen-bond acceptors (Lipinski definition) is 6. The molecular formula is C29H30O6. The van der Waals surface area contributed by atoms with Gasteiger partial charge < -0.3 is 23.7 Å². The zero-order valence-corrected chi connectivity index (χ0v) is 19.7. The highest BCUT2D eigenvalue weighted by Crippen LogP contribution is 2.28. The number of carbonyl (C=O) groups excluding carboxylic acids is 1. The predicted octanol–water partition coefficient (Wildman–Crippen LogP) is 4.83. The second-order valence-electron chi connectivity index (χ2n) is 8.22. The van der Waals surface area contributed by atoms with E-state index in [1.807, 2.05) is 91.0 Å². The summed E-state index contributed by atoms with van der Waals surface area (Å²) in [4.78, 5) is 12.6. The van der Waals surface area contributed by atoms with Crippen molar-refractivity contribution in [1.29, 1.82) is 0 Å². The molecule has 6 heteroatoms. The van der Waals surface area contributed by atoms with E-state index in [2.05, 4.69) is 0 Å². The largest absolute Gasteiger partial charge is 0.492 e. The van der Waals surface area contributed by atoms with Gasteiger partial charge in [0, 0.05) is 0 Å². The summed E-state index contributed by atoms with van der Waals surface area (Å²) in [5.41, 5.74) is 3.34. The van der Waals surface area contributed by atoms with E-state index in [9.17, 15) is 4.79 Å². The summed E-state index contributed by atoms with van der Waals surface area (Å²) in [7, 11) is 1.34. The number of esters is 1. The van der Waals surface area contributed by atoms with E-state index >= 15 is 0 Å². The molecule has 0 amide bonds. The van der Waals surface area contributed by atoms with Gasteiger partial charge in [-0.3, -0.25) is 0 Å². The van der Waals surface area contributed by atoms with E-state index in [1.165, 1.54) is 13.4 Å². The zero-order chi connectivity index (χ0) is 24.3. The van der Waals surface area contributed by atoms with Crippen molar-refractivity contribution in [1.82, 2.24) is 0 Å². The van der Waals surface area contributed by atoms with Crippen molar-refractivity contribution >= 4 is 5.97 Å². The molecule has 0 spiro atoms. The summed E-state index contributed by atoms with van der Waals surface area (Å²) in [6.45, 7) is 1.35. The molecule has 182 valence electrons. The summed E-state index contributed by atoms with van der Waals surface area (Å²) in [5, 5.41) is 0. The maximum Gasteiger partial charge on any atom is 0.339 e. The first kappa shape index (κ1) is 24.7. The topological polar surface area (TPSA) is 63.2 Å². The first-order valence-electron chi connectivity index (χ1n) is 11.6. The van der Waals surface area contributed by atoms with Crippen molar-refractivity contribution < 1.29 is 28.5 Å². The Balaban J connectivity index is 1.52. The Morgan fingerprint density at radius 3 is 1.80 bits per heavy atom. The van der Waals surface area contributed by atoms with Gasteiger partial charge in [-0.25, -0.2) is 4.79 Å². The maximum atomic E-state index is 12.6. The Morgan fingerprint density at radius 2 is 1.26 bits per heavy atom. The van der Waals surface area contributed by atoms with E-state index in [-0.39, 0.29) is 12.2 Å². The van der Waals surface area contributed by atoms with Gasteiger partial charge in [0.05, 0.1) is 39.8 Å². The lowest BCUT2D eigenvalue weighted by molar-refractivity contribution is -0.162. The minimum Gasteiger partial charge on any atom is -0.492 e. The molecule has 1 aliphatic rings. The number of benzene rings is 3. The zero-order valence-electron chi connectivity index (χ0n) is 19.7. The molecule has 0 radical (unpaired) electrons. The molecule has 0 aromatic heterocycles. The van der Waals surface area contributed by atoms with Crippen molar-refractivity contribution in [2.75, 3.05) is 13.7 Å². The molecule has 0 N–H and O–H groups in total. The van der Waals surface area contributed by atoms with Crippen LogP contribution in [0, 0.1) is 0 Å². The average Bonchev–Trinajstić information content (AvgIpc) is 2.92. The number of hydrogen-bond donors (Lipinski definition) is 0. The van der Waals surface area contributed by atoms with Crippen LogP contribution in [0.15, 0.2) is 103 Å². The molecule has 0 unspecified atom stereocenters. The Morgan fingerprint density at radius 1 is 0.743 bits per heavy atom. The second-order valence-corrected chi connectivity index (χ2v) is 8.22. The van der Waals surface area contributed by atoms with Crippen molar-refractivity contribution in [3.63, 3.8) is 0 Å². The van der Waals surface area contributed by atoms with Gasteiger partial charge in [-0.05, 0) is 16.7 Å². The summed E-state index contributed by atoms with van der Waals surface area (Å²) in [6, 6.07) is 29.6. The lowest BCUT2D eigenvalue weighted by Crippen LogP contribution is -2.49. The minimum atomic E-state index is -0.689. The third-order valence-electron chi connectivity index (χ3n) is 5.71.